The lowest BCUT2D eigenvalue weighted by Crippen LogP contribution is -2.51. The van der Waals surface area contributed by atoms with E-state index in [2.05, 4.69) is 0 Å². The summed E-state index contributed by atoms with van der Waals surface area (Å²) in [5.41, 5.74) is 0. The second-order valence-corrected chi connectivity index (χ2v) is 5.17. The molecule has 0 amide bonds. The van der Waals surface area contributed by atoms with E-state index in [4.69, 9.17) is 0 Å². The second kappa shape index (κ2) is 3.33. The molecule has 2 rings (SSSR count). The third kappa shape index (κ3) is 1.53. The van der Waals surface area contributed by atoms with Crippen LogP contribution in [0.2, 0.25) is 0 Å². The van der Waals surface area contributed by atoms with Gasteiger partial charge < -0.3 is 0 Å². The fourth-order valence-corrected chi connectivity index (χ4v) is 2.84. The van der Waals surface area contributed by atoms with Crippen LogP contribution in [-0.2, 0) is 10.0 Å². The predicted molar refractivity (Wildman–Crippen MR) is 50.1 cm³/mol. The Kier molecular flexibility index (Phi) is 2.28. The SMILES string of the molecule is O=S(=O)(c1ccccc1)N1CC(F)C1. The minimum Gasteiger partial charge on any atom is -0.245 e. The molecule has 1 fully saturated rings. The maximum Gasteiger partial charge on any atom is 0.243 e. The third-order valence-corrected chi connectivity index (χ3v) is 4.03. The van der Waals surface area contributed by atoms with Gasteiger partial charge >= 0.3 is 0 Å². The Balaban J connectivity index is 2.26. The van der Waals surface area contributed by atoms with Crippen molar-refractivity contribution in [2.24, 2.45) is 0 Å². The van der Waals surface area contributed by atoms with Gasteiger partial charge in [-0.15, -0.1) is 0 Å². The van der Waals surface area contributed by atoms with Crippen LogP contribution in [0.5, 0.6) is 0 Å². The molecule has 3 nitrogen and oxygen atoms in total. The van der Waals surface area contributed by atoms with E-state index in [1.165, 1.54) is 12.1 Å². The second-order valence-electron chi connectivity index (χ2n) is 3.23. The van der Waals surface area contributed by atoms with E-state index in [0.717, 1.165) is 4.31 Å². The summed E-state index contributed by atoms with van der Waals surface area (Å²) in [7, 11) is -3.44. The maximum atomic E-state index is 12.5. The number of nitrogens with zero attached hydrogens (tertiary/aromatic N) is 1. The Bertz CT molecular complexity index is 412. The highest BCUT2D eigenvalue weighted by molar-refractivity contribution is 7.89. The molecule has 1 aromatic rings. The molecular formula is C9H10FNO2S. The molecule has 76 valence electrons. The number of hydrogen-bond acceptors (Lipinski definition) is 2. The summed E-state index contributed by atoms with van der Waals surface area (Å²) in [4.78, 5) is 0.229. The molecule has 0 saturated carbocycles. The Morgan fingerprint density at radius 2 is 1.79 bits per heavy atom. The summed E-state index contributed by atoms with van der Waals surface area (Å²) < 4.78 is 37.1. The van der Waals surface area contributed by atoms with Gasteiger partial charge in [0.1, 0.15) is 6.17 Å². The summed E-state index contributed by atoms with van der Waals surface area (Å²) in [6.45, 7) is -0.0333. The summed E-state index contributed by atoms with van der Waals surface area (Å²) in [6, 6.07) is 8.08. The predicted octanol–water partition coefficient (Wildman–Crippen LogP) is 1.03. The molecule has 0 radical (unpaired) electrons. The van der Waals surface area contributed by atoms with Gasteiger partial charge in [-0.2, -0.15) is 4.31 Å². The smallest absolute Gasteiger partial charge is 0.243 e. The van der Waals surface area contributed by atoms with Crippen molar-refractivity contribution >= 4 is 10.0 Å². The van der Waals surface area contributed by atoms with Crippen LogP contribution in [0.4, 0.5) is 4.39 Å². The molecule has 1 heterocycles. The van der Waals surface area contributed by atoms with Crippen molar-refractivity contribution in [1.29, 1.82) is 0 Å². The first-order valence-corrected chi connectivity index (χ1v) is 5.74. The van der Waals surface area contributed by atoms with Crippen molar-refractivity contribution in [3.05, 3.63) is 30.3 Å². The first-order valence-electron chi connectivity index (χ1n) is 4.30. The Hall–Kier alpha value is -0.940. The van der Waals surface area contributed by atoms with Crippen molar-refractivity contribution in [2.45, 2.75) is 11.1 Å². The first kappa shape index (κ1) is 9.61. The molecule has 1 saturated heterocycles. The zero-order valence-electron chi connectivity index (χ0n) is 7.43. The highest BCUT2D eigenvalue weighted by Gasteiger charge is 2.36. The van der Waals surface area contributed by atoms with E-state index in [1.807, 2.05) is 0 Å². The molecule has 14 heavy (non-hydrogen) atoms. The van der Waals surface area contributed by atoms with Crippen molar-refractivity contribution in [3.8, 4) is 0 Å². The molecule has 0 aliphatic carbocycles. The molecule has 5 heteroatoms. The minimum atomic E-state index is -3.44. The monoisotopic (exact) mass is 215 g/mol. The molecule has 0 aromatic heterocycles. The van der Waals surface area contributed by atoms with Gasteiger partial charge in [0, 0.05) is 13.1 Å². The number of hydrogen-bond donors (Lipinski definition) is 0. The number of halogens is 1. The van der Waals surface area contributed by atoms with Crippen molar-refractivity contribution in [1.82, 2.24) is 4.31 Å². The lowest BCUT2D eigenvalue weighted by molar-refractivity contribution is 0.141. The van der Waals surface area contributed by atoms with Gasteiger partial charge in [-0.05, 0) is 12.1 Å². The van der Waals surface area contributed by atoms with Gasteiger partial charge in [-0.3, -0.25) is 0 Å². The van der Waals surface area contributed by atoms with E-state index in [-0.39, 0.29) is 18.0 Å². The molecule has 0 N–H and O–H groups in total. The van der Waals surface area contributed by atoms with Gasteiger partial charge in [0.25, 0.3) is 0 Å². The summed E-state index contributed by atoms with van der Waals surface area (Å²) >= 11 is 0. The minimum absolute atomic E-state index is 0.0166. The van der Waals surface area contributed by atoms with E-state index < -0.39 is 16.2 Å². The van der Waals surface area contributed by atoms with Gasteiger partial charge in [0.15, 0.2) is 0 Å². The normalized spacial score (nSPS) is 19.2. The van der Waals surface area contributed by atoms with E-state index in [9.17, 15) is 12.8 Å². The van der Waals surface area contributed by atoms with E-state index in [1.54, 1.807) is 18.2 Å². The van der Waals surface area contributed by atoms with Crippen LogP contribution in [0.3, 0.4) is 0 Å². The first-order chi connectivity index (χ1) is 6.60. The maximum absolute atomic E-state index is 12.5. The van der Waals surface area contributed by atoms with Gasteiger partial charge in [-0.1, -0.05) is 18.2 Å². The van der Waals surface area contributed by atoms with Crippen LogP contribution >= 0.6 is 0 Å². The summed E-state index contributed by atoms with van der Waals surface area (Å²) in [5.74, 6) is 0. The highest BCUT2D eigenvalue weighted by atomic mass is 32.2. The fraction of sp³-hybridized carbons (Fsp3) is 0.333. The lowest BCUT2D eigenvalue weighted by Gasteiger charge is -2.32. The average molecular weight is 215 g/mol. The van der Waals surface area contributed by atoms with Crippen LogP contribution in [0, 0.1) is 0 Å². The van der Waals surface area contributed by atoms with Crippen LogP contribution < -0.4 is 0 Å². The molecule has 0 bridgehead atoms. The van der Waals surface area contributed by atoms with Crippen LogP contribution in [-0.4, -0.2) is 32.0 Å². The number of sulfonamides is 1. The topological polar surface area (TPSA) is 37.4 Å². The fourth-order valence-electron chi connectivity index (χ4n) is 1.33. The molecule has 1 aliphatic heterocycles. The molecule has 1 aromatic carbocycles. The number of alkyl halides is 1. The zero-order chi connectivity index (χ0) is 10.2. The third-order valence-electron chi connectivity index (χ3n) is 2.18. The van der Waals surface area contributed by atoms with Gasteiger partial charge in [-0.25, -0.2) is 12.8 Å². The largest absolute Gasteiger partial charge is 0.245 e. The summed E-state index contributed by atoms with van der Waals surface area (Å²) in [6.07, 6.45) is -1.01. The van der Waals surface area contributed by atoms with Gasteiger partial charge in [0.2, 0.25) is 10.0 Å². The summed E-state index contributed by atoms with van der Waals surface area (Å²) in [5, 5.41) is 0. The molecule has 0 spiro atoms. The standard InChI is InChI=1S/C9H10FNO2S/c10-8-6-11(7-8)14(12,13)9-4-2-1-3-5-9/h1-5,8H,6-7H2. The molecular weight excluding hydrogens is 205 g/mol. The Labute approximate surface area is 82.2 Å². The quantitative estimate of drug-likeness (QED) is 0.739. The Morgan fingerprint density at radius 1 is 1.21 bits per heavy atom. The Morgan fingerprint density at radius 3 is 2.29 bits per heavy atom. The van der Waals surface area contributed by atoms with Crippen molar-refractivity contribution in [2.75, 3.05) is 13.1 Å². The number of rotatable bonds is 2. The van der Waals surface area contributed by atoms with Crippen molar-refractivity contribution in [3.63, 3.8) is 0 Å². The van der Waals surface area contributed by atoms with Crippen molar-refractivity contribution < 1.29 is 12.8 Å². The van der Waals surface area contributed by atoms with E-state index >= 15 is 0 Å². The average Bonchev–Trinajstić information content (AvgIpc) is 2.14. The van der Waals surface area contributed by atoms with Crippen LogP contribution in [0.15, 0.2) is 35.2 Å². The van der Waals surface area contributed by atoms with Crippen LogP contribution in [0.1, 0.15) is 0 Å². The highest BCUT2D eigenvalue weighted by Crippen LogP contribution is 2.22. The molecule has 1 aliphatic rings. The molecule has 0 unspecified atom stereocenters. The zero-order valence-corrected chi connectivity index (χ0v) is 8.24. The van der Waals surface area contributed by atoms with E-state index in [0.29, 0.717) is 0 Å². The van der Waals surface area contributed by atoms with Gasteiger partial charge in [0.05, 0.1) is 4.90 Å². The van der Waals surface area contributed by atoms with Crippen LogP contribution in [0.25, 0.3) is 0 Å². The number of benzene rings is 1. The molecule has 0 atom stereocenters. The lowest BCUT2D eigenvalue weighted by atomic mass is 10.3.